The molecule has 1 aliphatic heterocycles. The molecule has 2 aromatic carbocycles. The van der Waals surface area contributed by atoms with E-state index in [9.17, 15) is 34.4 Å². The number of phenolic OH excluding ortho intramolecular Hbond substituents is 2. The minimum atomic E-state index is -1.30. The topological polar surface area (TPSA) is 166 Å². The van der Waals surface area contributed by atoms with Crippen LogP contribution in [-0.2, 0) is 4.74 Å². The lowest BCUT2D eigenvalue weighted by Gasteiger charge is -2.15. The number of imidazole rings is 1. The smallest absolute Gasteiger partial charge is 0.271 e. The van der Waals surface area contributed by atoms with Crippen LogP contribution in [0.4, 0.5) is 4.39 Å². The van der Waals surface area contributed by atoms with Crippen LogP contribution in [0.1, 0.15) is 27.1 Å². The van der Waals surface area contributed by atoms with E-state index in [0.717, 1.165) is 0 Å². The van der Waals surface area contributed by atoms with Crippen LogP contribution in [0.15, 0.2) is 61.1 Å². The Bertz CT molecular complexity index is 1330. The second-order valence-electron chi connectivity index (χ2n) is 8.29. The van der Waals surface area contributed by atoms with Crippen molar-refractivity contribution >= 4 is 11.8 Å². The van der Waals surface area contributed by atoms with Crippen LogP contribution in [-0.4, -0.2) is 73.7 Å². The van der Waals surface area contributed by atoms with Gasteiger partial charge in [0.25, 0.3) is 11.8 Å². The number of aromatic hydroxyl groups is 2. The Kier molecular flexibility index (Phi) is 7.53. The van der Waals surface area contributed by atoms with Crippen LogP contribution in [0, 0.1) is 5.82 Å². The minimum absolute atomic E-state index is 0.0287. The summed E-state index contributed by atoms with van der Waals surface area (Å²) in [6, 6.07) is 8.05. The summed E-state index contributed by atoms with van der Waals surface area (Å²) in [6.45, 7) is -0.0287. The molecule has 1 fully saturated rings. The molecule has 37 heavy (non-hydrogen) atoms. The van der Waals surface area contributed by atoms with E-state index in [2.05, 4.69) is 15.6 Å². The second-order valence-corrected chi connectivity index (χ2v) is 8.29. The van der Waals surface area contributed by atoms with Crippen LogP contribution in [0.25, 0.3) is 11.1 Å². The Balaban J connectivity index is 1.39. The number of nitrogens with one attached hydrogen (secondary N) is 2. The van der Waals surface area contributed by atoms with Gasteiger partial charge in [0.2, 0.25) is 0 Å². The molecule has 0 unspecified atom stereocenters. The number of phenols is 2. The lowest BCUT2D eigenvalue weighted by molar-refractivity contribution is -0.0267. The Morgan fingerprint density at radius 2 is 1.84 bits per heavy atom. The predicted molar refractivity (Wildman–Crippen MR) is 128 cm³/mol. The summed E-state index contributed by atoms with van der Waals surface area (Å²) >= 11 is 0. The van der Waals surface area contributed by atoms with E-state index in [4.69, 9.17) is 4.74 Å². The lowest BCUT2D eigenvalue weighted by atomic mass is 10.0. The van der Waals surface area contributed by atoms with Crippen molar-refractivity contribution in [1.29, 1.82) is 0 Å². The number of rotatable bonds is 7. The van der Waals surface area contributed by atoms with Crippen LogP contribution >= 0.6 is 0 Å². The third-order valence-corrected chi connectivity index (χ3v) is 5.85. The Morgan fingerprint density at radius 1 is 1.11 bits per heavy atom. The maximum absolute atomic E-state index is 13.2. The third-order valence-electron chi connectivity index (χ3n) is 5.85. The number of ether oxygens (including phenoxy) is 1. The quantitative estimate of drug-likeness (QED) is 0.202. The molecule has 3 aromatic rings. The molecular formula is C25H25FN4O7. The van der Waals surface area contributed by atoms with E-state index in [-0.39, 0.29) is 17.8 Å². The summed E-state index contributed by atoms with van der Waals surface area (Å²) in [5.41, 5.74) is 0.865. The van der Waals surface area contributed by atoms with E-state index < -0.39 is 53.7 Å². The molecule has 12 heteroatoms. The number of amides is 2. The van der Waals surface area contributed by atoms with Gasteiger partial charge in [0.1, 0.15) is 29.8 Å². The minimum Gasteiger partial charge on any atom is -0.504 e. The molecule has 4 atom stereocenters. The van der Waals surface area contributed by atoms with Crippen molar-refractivity contribution in [3.05, 3.63) is 78.1 Å². The molecule has 1 aliphatic rings. The standard InChI is InChI=1S/C25H25FN4O7/c1-27-24(36)17-11-30(12-29-17)25-22(34)21(33)19(37-25)3-2-8-28-23(35)16-9-14(10-18(31)20(16)32)13-4-6-15(26)7-5-13/h2-7,9-12,19,21-22,25,31-34H,8H2,1H3,(H,27,36)(H,28,35)/b3-2+/t19-,21-,22-,25-/m1/s1. The Morgan fingerprint density at radius 3 is 2.54 bits per heavy atom. The summed E-state index contributed by atoms with van der Waals surface area (Å²) in [7, 11) is 1.46. The number of hydrogen-bond donors (Lipinski definition) is 6. The molecule has 0 spiro atoms. The summed E-state index contributed by atoms with van der Waals surface area (Å²) in [5, 5.41) is 45.9. The first-order valence-corrected chi connectivity index (χ1v) is 11.2. The van der Waals surface area contributed by atoms with Crippen molar-refractivity contribution in [2.75, 3.05) is 13.6 Å². The van der Waals surface area contributed by atoms with Crippen molar-refractivity contribution < 1.29 is 39.1 Å². The normalized spacial score (nSPS) is 21.3. The molecule has 0 saturated carbocycles. The molecule has 0 radical (unpaired) electrons. The summed E-state index contributed by atoms with van der Waals surface area (Å²) in [5.74, 6) is -2.66. The van der Waals surface area contributed by atoms with E-state index in [1.165, 1.54) is 72.7 Å². The molecule has 0 bridgehead atoms. The molecule has 11 nitrogen and oxygen atoms in total. The van der Waals surface area contributed by atoms with Gasteiger partial charge in [-0.05, 0) is 35.4 Å². The number of aliphatic hydroxyl groups excluding tert-OH is 2. The molecule has 1 aromatic heterocycles. The fourth-order valence-electron chi connectivity index (χ4n) is 3.86. The number of aliphatic hydroxyl groups is 2. The molecule has 194 valence electrons. The first kappa shape index (κ1) is 25.8. The highest BCUT2D eigenvalue weighted by Crippen LogP contribution is 2.35. The summed E-state index contributed by atoms with van der Waals surface area (Å²) in [6.07, 6.45) is 1.15. The summed E-state index contributed by atoms with van der Waals surface area (Å²) in [4.78, 5) is 28.3. The van der Waals surface area contributed by atoms with Crippen molar-refractivity contribution in [3.8, 4) is 22.6 Å². The zero-order valence-corrected chi connectivity index (χ0v) is 19.6. The molecule has 6 N–H and O–H groups in total. The fourth-order valence-corrected chi connectivity index (χ4v) is 3.86. The highest BCUT2D eigenvalue weighted by molar-refractivity contribution is 5.99. The van der Waals surface area contributed by atoms with Gasteiger partial charge in [-0.15, -0.1) is 0 Å². The number of hydrogen-bond acceptors (Lipinski definition) is 8. The van der Waals surface area contributed by atoms with Gasteiger partial charge < -0.3 is 40.4 Å². The SMILES string of the molecule is CNC(=O)c1cn([C@@H]2O[C@H](/C=C/CNC(=O)c3cc(-c4ccc(F)cc4)cc(O)c3O)[C@@H](O)[C@H]2O)cn1. The number of benzene rings is 2. The maximum atomic E-state index is 13.2. The zero-order chi connectivity index (χ0) is 26.7. The lowest BCUT2D eigenvalue weighted by Crippen LogP contribution is -2.30. The average Bonchev–Trinajstić information content (AvgIpc) is 3.48. The van der Waals surface area contributed by atoms with Gasteiger partial charge in [-0.3, -0.25) is 9.59 Å². The number of aromatic nitrogens is 2. The highest BCUT2D eigenvalue weighted by atomic mass is 19.1. The van der Waals surface area contributed by atoms with Crippen molar-refractivity contribution in [3.63, 3.8) is 0 Å². The van der Waals surface area contributed by atoms with Crippen LogP contribution in [0.3, 0.4) is 0 Å². The van der Waals surface area contributed by atoms with Gasteiger partial charge in [0, 0.05) is 19.8 Å². The fraction of sp³-hybridized carbons (Fsp3) is 0.240. The van der Waals surface area contributed by atoms with Crippen LogP contribution < -0.4 is 10.6 Å². The first-order valence-electron chi connectivity index (χ1n) is 11.2. The molecule has 2 heterocycles. The van der Waals surface area contributed by atoms with E-state index >= 15 is 0 Å². The predicted octanol–water partition coefficient (Wildman–Crippen LogP) is 1.07. The van der Waals surface area contributed by atoms with Gasteiger partial charge in [-0.2, -0.15) is 0 Å². The average molecular weight is 512 g/mol. The van der Waals surface area contributed by atoms with Gasteiger partial charge in [-0.25, -0.2) is 9.37 Å². The highest BCUT2D eigenvalue weighted by Gasteiger charge is 2.42. The molecule has 4 rings (SSSR count). The molecular weight excluding hydrogens is 487 g/mol. The molecule has 1 saturated heterocycles. The largest absolute Gasteiger partial charge is 0.504 e. The second kappa shape index (κ2) is 10.8. The van der Waals surface area contributed by atoms with Gasteiger partial charge in [0.05, 0.1) is 11.9 Å². The van der Waals surface area contributed by atoms with Crippen molar-refractivity contribution in [2.45, 2.75) is 24.5 Å². The number of carbonyl (C=O) groups excluding carboxylic acids is 2. The van der Waals surface area contributed by atoms with Gasteiger partial charge >= 0.3 is 0 Å². The van der Waals surface area contributed by atoms with E-state index in [1.54, 1.807) is 0 Å². The van der Waals surface area contributed by atoms with Gasteiger partial charge in [0.15, 0.2) is 17.7 Å². The van der Waals surface area contributed by atoms with E-state index in [1.807, 2.05) is 0 Å². The number of halogens is 1. The van der Waals surface area contributed by atoms with Crippen molar-refractivity contribution in [1.82, 2.24) is 20.2 Å². The molecule has 2 amide bonds. The summed E-state index contributed by atoms with van der Waals surface area (Å²) < 4.78 is 20.3. The van der Waals surface area contributed by atoms with E-state index in [0.29, 0.717) is 11.1 Å². The van der Waals surface area contributed by atoms with Crippen LogP contribution in [0.2, 0.25) is 0 Å². The first-order chi connectivity index (χ1) is 17.7. The third kappa shape index (κ3) is 5.45. The van der Waals surface area contributed by atoms with Crippen molar-refractivity contribution in [2.24, 2.45) is 0 Å². The molecule has 0 aliphatic carbocycles. The number of nitrogens with zero attached hydrogens (tertiary/aromatic N) is 2. The maximum Gasteiger partial charge on any atom is 0.271 e. The zero-order valence-electron chi connectivity index (χ0n) is 19.6. The Hall–Kier alpha value is -4.26. The number of carbonyl (C=O) groups is 2. The van der Waals surface area contributed by atoms with Crippen LogP contribution in [0.5, 0.6) is 11.5 Å². The monoisotopic (exact) mass is 512 g/mol. The Labute approximate surface area is 210 Å². The van der Waals surface area contributed by atoms with Gasteiger partial charge in [-0.1, -0.05) is 24.3 Å².